The number of fused-ring (bicyclic) bond motifs is 1. The highest BCUT2D eigenvalue weighted by Crippen LogP contribution is 2.27. The van der Waals surface area contributed by atoms with Crippen molar-refractivity contribution in [3.05, 3.63) is 11.4 Å². The van der Waals surface area contributed by atoms with Gasteiger partial charge in [-0.2, -0.15) is 4.98 Å². The highest BCUT2D eigenvalue weighted by atomic mass is 32.1. The molecule has 0 saturated heterocycles. The molecule has 0 aliphatic carbocycles. The number of aromatic nitrogens is 2. The molecule has 2 N–H and O–H groups in total. The summed E-state index contributed by atoms with van der Waals surface area (Å²) < 4.78 is 0. The van der Waals surface area contributed by atoms with E-state index < -0.39 is 0 Å². The maximum Gasteiger partial charge on any atom is 0.225 e. The topological polar surface area (TPSA) is 49.8 Å². The average molecular weight is 264 g/mol. The summed E-state index contributed by atoms with van der Waals surface area (Å²) in [6, 6.07) is 2.52. The van der Waals surface area contributed by atoms with E-state index in [2.05, 4.69) is 52.8 Å². The maximum atomic E-state index is 4.54. The van der Waals surface area contributed by atoms with Gasteiger partial charge in [-0.15, -0.1) is 11.3 Å². The van der Waals surface area contributed by atoms with Gasteiger partial charge in [-0.1, -0.05) is 20.8 Å². The monoisotopic (exact) mass is 264 g/mol. The fourth-order valence-electron chi connectivity index (χ4n) is 1.99. The summed E-state index contributed by atoms with van der Waals surface area (Å²) in [4.78, 5) is 10.0. The van der Waals surface area contributed by atoms with Crippen LogP contribution in [0.5, 0.6) is 0 Å². The minimum Gasteiger partial charge on any atom is -0.366 e. The van der Waals surface area contributed by atoms with Crippen LogP contribution in [0.4, 0.5) is 11.8 Å². The van der Waals surface area contributed by atoms with Crippen molar-refractivity contribution in [2.45, 2.75) is 33.2 Å². The highest BCUT2D eigenvalue weighted by Gasteiger charge is 2.14. The van der Waals surface area contributed by atoms with Gasteiger partial charge < -0.3 is 10.6 Å². The number of nitrogens with zero attached hydrogens (tertiary/aromatic N) is 2. The normalized spacial score (nSPS) is 12.9. The first-order chi connectivity index (χ1) is 8.65. The Kier molecular flexibility index (Phi) is 4.01. The molecule has 0 amide bonds. The van der Waals surface area contributed by atoms with Crippen molar-refractivity contribution in [1.29, 1.82) is 0 Å². The van der Waals surface area contributed by atoms with Crippen molar-refractivity contribution in [1.82, 2.24) is 9.97 Å². The summed E-state index contributed by atoms with van der Waals surface area (Å²) in [6.07, 6.45) is 1.09. The Hall–Kier alpha value is -1.36. The lowest BCUT2D eigenvalue weighted by Gasteiger charge is -2.21. The summed E-state index contributed by atoms with van der Waals surface area (Å²) in [6.45, 7) is 6.65. The van der Waals surface area contributed by atoms with E-state index >= 15 is 0 Å². The quantitative estimate of drug-likeness (QED) is 0.866. The molecule has 2 heterocycles. The summed E-state index contributed by atoms with van der Waals surface area (Å²) in [5, 5.41) is 9.73. The van der Waals surface area contributed by atoms with E-state index in [1.165, 1.54) is 0 Å². The molecule has 4 nitrogen and oxygen atoms in total. The molecule has 0 aliphatic heterocycles. The van der Waals surface area contributed by atoms with E-state index in [1.807, 2.05) is 7.05 Å². The van der Waals surface area contributed by atoms with Crippen LogP contribution in [0.2, 0.25) is 0 Å². The van der Waals surface area contributed by atoms with Crippen LogP contribution in [0, 0.1) is 5.92 Å². The molecule has 0 saturated carbocycles. The molecule has 2 aromatic heterocycles. The predicted molar refractivity (Wildman–Crippen MR) is 79.5 cm³/mol. The first-order valence-electron chi connectivity index (χ1n) is 6.35. The Morgan fingerprint density at radius 2 is 2.11 bits per heavy atom. The standard InChI is InChI=1S/C13H20N4S/c1-5-10(8(2)3)15-11-9-6-7-18-12(9)17-13(14-4)16-11/h6-8,10H,5H2,1-4H3,(H2,14,15,16,17). The summed E-state index contributed by atoms with van der Waals surface area (Å²) >= 11 is 1.64. The van der Waals surface area contributed by atoms with Crippen molar-refractivity contribution in [3.63, 3.8) is 0 Å². The van der Waals surface area contributed by atoms with Crippen molar-refractivity contribution in [3.8, 4) is 0 Å². The molecule has 0 bridgehead atoms. The van der Waals surface area contributed by atoms with Crippen molar-refractivity contribution >= 4 is 33.3 Å². The van der Waals surface area contributed by atoms with Crippen molar-refractivity contribution < 1.29 is 0 Å². The first kappa shape index (κ1) is 13.1. The molecule has 2 rings (SSSR count). The third-order valence-electron chi connectivity index (χ3n) is 3.12. The summed E-state index contributed by atoms with van der Waals surface area (Å²) in [7, 11) is 1.85. The van der Waals surface area contributed by atoms with Gasteiger partial charge in [-0.05, 0) is 23.8 Å². The molecule has 0 fully saturated rings. The lowest BCUT2D eigenvalue weighted by Crippen LogP contribution is -2.25. The van der Waals surface area contributed by atoms with Crippen LogP contribution in [0.15, 0.2) is 11.4 Å². The van der Waals surface area contributed by atoms with Crippen LogP contribution >= 0.6 is 11.3 Å². The largest absolute Gasteiger partial charge is 0.366 e. The van der Waals surface area contributed by atoms with Gasteiger partial charge in [-0.25, -0.2) is 4.98 Å². The van der Waals surface area contributed by atoms with E-state index in [0.29, 0.717) is 17.9 Å². The van der Waals surface area contributed by atoms with E-state index in [9.17, 15) is 0 Å². The number of rotatable bonds is 5. The van der Waals surface area contributed by atoms with Crippen molar-refractivity contribution in [2.24, 2.45) is 5.92 Å². The number of nitrogens with one attached hydrogen (secondary N) is 2. The third-order valence-corrected chi connectivity index (χ3v) is 3.92. The Bertz CT molecular complexity index is 521. The molecule has 1 unspecified atom stereocenters. The molecule has 98 valence electrons. The van der Waals surface area contributed by atoms with E-state index in [4.69, 9.17) is 0 Å². The minimum atomic E-state index is 0.438. The maximum absolute atomic E-state index is 4.54. The molecule has 1 atom stereocenters. The number of thiophene rings is 1. The fourth-order valence-corrected chi connectivity index (χ4v) is 2.76. The average Bonchev–Trinajstić information content (AvgIpc) is 2.83. The second-order valence-electron chi connectivity index (χ2n) is 4.69. The fraction of sp³-hybridized carbons (Fsp3) is 0.538. The first-order valence-corrected chi connectivity index (χ1v) is 7.23. The Morgan fingerprint density at radius 3 is 2.72 bits per heavy atom. The van der Waals surface area contributed by atoms with Gasteiger partial charge >= 0.3 is 0 Å². The zero-order valence-electron chi connectivity index (χ0n) is 11.3. The molecule has 0 aromatic carbocycles. The lowest BCUT2D eigenvalue weighted by molar-refractivity contribution is 0.510. The van der Waals surface area contributed by atoms with Crippen LogP contribution in [-0.2, 0) is 0 Å². The van der Waals surface area contributed by atoms with Gasteiger partial charge in [0.1, 0.15) is 10.6 Å². The smallest absolute Gasteiger partial charge is 0.225 e. The molecule has 2 aromatic rings. The van der Waals surface area contributed by atoms with E-state index in [-0.39, 0.29) is 0 Å². The summed E-state index contributed by atoms with van der Waals surface area (Å²) in [5.74, 6) is 2.19. The van der Waals surface area contributed by atoms with Gasteiger partial charge in [-0.3, -0.25) is 0 Å². The zero-order chi connectivity index (χ0) is 13.1. The highest BCUT2D eigenvalue weighted by molar-refractivity contribution is 7.16. The lowest BCUT2D eigenvalue weighted by atomic mass is 10.0. The molecule has 18 heavy (non-hydrogen) atoms. The van der Waals surface area contributed by atoms with Gasteiger partial charge in [0.15, 0.2) is 0 Å². The second-order valence-corrected chi connectivity index (χ2v) is 5.58. The van der Waals surface area contributed by atoms with Crippen LogP contribution in [0.3, 0.4) is 0 Å². The molecular weight excluding hydrogens is 244 g/mol. The predicted octanol–water partition coefficient (Wildman–Crippen LogP) is 3.58. The molecule has 5 heteroatoms. The van der Waals surface area contributed by atoms with Crippen LogP contribution in [0.25, 0.3) is 10.2 Å². The molecular formula is C13H20N4S. The Morgan fingerprint density at radius 1 is 1.33 bits per heavy atom. The van der Waals surface area contributed by atoms with Crippen LogP contribution in [0.1, 0.15) is 27.2 Å². The van der Waals surface area contributed by atoms with Crippen LogP contribution < -0.4 is 10.6 Å². The minimum absolute atomic E-state index is 0.438. The van der Waals surface area contributed by atoms with Gasteiger partial charge in [0.2, 0.25) is 5.95 Å². The molecule has 0 spiro atoms. The Labute approximate surface area is 112 Å². The molecule has 0 radical (unpaired) electrons. The summed E-state index contributed by atoms with van der Waals surface area (Å²) in [5.41, 5.74) is 0. The Balaban J connectivity index is 2.39. The zero-order valence-corrected chi connectivity index (χ0v) is 12.1. The molecule has 0 aliphatic rings. The van der Waals surface area contributed by atoms with Gasteiger partial charge in [0.05, 0.1) is 5.39 Å². The van der Waals surface area contributed by atoms with Crippen LogP contribution in [-0.4, -0.2) is 23.1 Å². The SMILES string of the molecule is CCC(Nc1nc(NC)nc2sccc12)C(C)C. The number of hydrogen-bond donors (Lipinski definition) is 2. The second kappa shape index (κ2) is 5.52. The number of hydrogen-bond acceptors (Lipinski definition) is 5. The third kappa shape index (κ3) is 2.56. The van der Waals surface area contributed by atoms with Gasteiger partial charge in [0.25, 0.3) is 0 Å². The van der Waals surface area contributed by atoms with Crippen molar-refractivity contribution in [2.75, 3.05) is 17.7 Å². The number of anilines is 2. The van der Waals surface area contributed by atoms with Gasteiger partial charge in [0, 0.05) is 13.1 Å². The van der Waals surface area contributed by atoms with E-state index in [0.717, 1.165) is 22.5 Å². The van der Waals surface area contributed by atoms with E-state index in [1.54, 1.807) is 11.3 Å².